The third-order valence-electron chi connectivity index (χ3n) is 5.21. The van der Waals surface area contributed by atoms with Crippen LogP contribution in [0.4, 0.5) is 10.5 Å². The molecule has 29 heavy (non-hydrogen) atoms. The third kappa shape index (κ3) is 4.45. The van der Waals surface area contributed by atoms with E-state index < -0.39 is 11.6 Å². The first-order chi connectivity index (χ1) is 14.0. The lowest BCUT2D eigenvalue weighted by Crippen LogP contribution is -2.53. The number of carbonyl (C=O) groups is 2. The average Bonchev–Trinajstić information content (AvgIpc) is 3.16. The first-order valence-corrected chi connectivity index (χ1v) is 9.50. The summed E-state index contributed by atoms with van der Waals surface area (Å²) in [5, 5.41) is 2.88. The quantitative estimate of drug-likeness (QED) is 0.800. The van der Waals surface area contributed by atoms with Gasteiger partial charge < -0.3 is 19.5 Å². The molecule has 0 aromatic heterocycles. The molecule has 154 valence electrons. The lowest BCUT2D eigenvalue weighted by molar-refractivity contribution is -0.125. The van der Waals surface area contributed by atoms with Crippen LogP contribution >= 0.6 is 0 Å². The molecule has 0 aliphatic carbocycles. The van der Waals surface area contributed by atoms with Crippen molar-refractivity contribution in [1.82, 2.24) is 4.90 Å². The van der Waals surface area contributed by atoms with E-state index in [0.29, 0.717) is 30.2 Å². The van der Waals surface area contributed by atoms with Crippen molar-refractivity contribution in [3.63, 3.8) is 0 Å². The molecule has 1 saturated heterocycles. The van der Waals surface area contributed by atoms with Crippen molar-refractivity contribution in [3.8, 4) is 11.5 Å². The lowest BCUT2D eigenvalue weighted by atomic mass is 9.97. The predicted octanol–water partition coefficient (Wildman–Crippen LogP) is 3.83. The van der Waals surface area contributed by atoms with Crippen LogP contribution in [0, 0.1) is 0 Å². The fourth-order valence-electron chi connectivity index (χ4n) is 3.45. The predicted molar refractivity (Wildman–Crippen MR) is 109 cm³/mol. The Kier molecular flexibility index (Phi) is 6.26. The Bertz CT molecular complexity index is 871. The standard InChI is InChI=1S/C22H26N2O5/c1-22(20(25)23-18-11-10-17(27-2)14-19(18)28-3)12-7-13-24(22)21(26)29-15-16-8-5-4-6-9-16/h4-6,8-11,14H,7,12-13,15H2,1-3H3,(H,23,25). The van der Waals surface area contributed by atoms with Crippen LogP contribution < -0.4 is 14.8 Å². The van der Waals surface area contributed by atoms with E-state index >= 15 is 0 Å². The molecular weight excluding hydrogens is 372 g/mol. The second-order valence-electron chi connectivity index (χ2n) is 7.09. The molecule has 3 rings (SSSR count). The number of hydrogen-bond acceptors (Lipinski definition) is 5. The van der Waals surface area contributed by atoms with Crippen LogP contribution in [-0.2, 0) is 16.1 Å². The molecule has 2 aromatic carbocycles. The van der Waals surface area contributed by atoms with E-state index in [0.717, 1.165) is 12.0 Å². The van der Waals surface area contributed by atoms with Crippen molar-refractivity contribution in [2.75, 3.05) is 26.1 Å². The summed E-state index contributed by atoms with van der Waals surface area (Å²) in [6.45, 7) is 2.40. The van der Waals surface area contributed by atoms with Gasteiger partial charge in [-0.2, -0.15) is 0 Å². The first kappa shape index (κ1) is 20.5. The molecule has 7 nitrogen and oxygen atoms in total. The van der Waals surface area contributed by atoms with Gasteiger partial charge in [-0.05, 0) is 37.5 Å². The van der Waals surface area contributed by atoms with Crippen LogP contribution in [0.5, 0.6) is 11.5 Å². The van der Waals surface area contributed by atoms with Crippen LogP contribution in [0.2, 0.25) is 0 Å². The minimum absolute atomic E-state index is 0.167. The number of nitrogens with one attached hydrogen (secondary N) is 1. The van der Waals surface area contributed by atoms with Crippen LogP contribution in [-0.4, -0.2) is 43.2 Å². The summed E-state index contributed by atoms with van der Waals surface area (Å²) in [6, 6.07) is 14.6. The number of amides is 2. The number of ether oxygens (including phenoxy) is 3. The summed E-state index contributed by atoms with van der Waals surface area (Å²) in [4.78, 5) is 27.3. The summed E-state index contributed by atoms with van der Waals surface area (Å²) in [5.41, 5.74) is 0.414. The molecule has 1 unspecified atom stereocenters. The maximum atomic E-state index is 13.1. The van der Waals surface area contributed by atoms with Gasteiger partial charge in [-0.3, -0.25) is 9.69 Å². The zero-order valence-corrected chi connectivity index (χ0v) is 16.9. The van der Waals surface area contributed by atoms with Gasteiger partial charge in [-0.1, -0.05) is 30.3 Å². The number of rotatable bonds is 6. The highest BCUT2D eigenvalue weighted by Gasteiger charge is 2.46. The van der Waals surface area contributed by atoms with Gasteiger partial charge in [0.1, 0.15) is 23.6 Å². The number of carbonyl (C=O) groups excluding carboxylic acids is 2. The Morgan fingerprint density at radius 1 is 1.10 bits per heavy atom. The summed E-state index contributed by atoms with van der Waals surface area (Å²) in [6.07, 6.45) is 0.785. The first-order valence-electron chi connectivity index (χ1n) is 9.50. The molecule has 1 aliphatic rings. The van der Waals surface area contributed by atoms with E-state index in [1.807, 2.05) is 30.3 Å². The molecule has 2 aromatic rings. The summed E-state index contributed by atoms with van der Waals surface area (Å²) >= 11 is 0. The second kappa shape index (κ2) is 8.86. The van der Waals surface area contributed by atoms with Crippen LogP contribution in [0.25, 0.3) is 0 Å². The Labute approximate surface area is 170 Å². The van der Waals surface area contributed by atoms with Gasteiger partial charge in [0, 0.05) is 12.6 Å². The number of likely N-dealkylation sites (tertiary alicyclic amines) is 1. The molecule has 1 heterocycles. The molecule has 0 radical (unpaired) electrons. The largest absolute Gasteiger partial charge is 0.497 e. The minimum atomic E-state index is -1.00. The fourth-order valence-corrected chi connectivity index (χ4v) is 3.45. The number of methoxy groups -OCH3 is 2. The number of benzene rings is 2. The lowest BCUT2D eigenvalue weighted by Gasteiger charge is -2.33. The smallest absolute Gasteiger partial charge is 0.410 e. The van der Waals surface area contributed by atoms with E-state index in [-0.39, 0.29) is 12.5 Å². The van der Waals surface area contributed by atoms with Gasteiger partial charge in [-0.15, -0.1) is 0 Å². The van der Waals surface area contributed by atoms with Crippen molar-refractivity contribution in [1.29, 1.82) is 0 Å². The molecule has 1 aliphatic heterocycles. The molecule has 0 saturated carbocycles. The van der Waals surface area contributed by atoms with Crippen molar-refractivity contribution >= 4 is 17.7 Å². The SMILES string of the molecule is COc1ccc(NC(=O)C2(C)CCCN2C(=O)OCc2ccccc2)c(OC)c1. The number of anilines is 1. The highest BCUT2D eigenvalue weighted by Crippen LogP contribution is 2.34. The van der Waals surface area contributed by atoms with Gasteiger partial charge in [-0.25, -0.2) is 4.79 Å². The van der Waals surface area contributed by atoms with Crippen molar-refractivity contribution in [2.24, 2.45) is 0 Å². The monoisotopic (exact) mass is 398 g/mol. The normalized spacial score (nSPS) is 18.2. The zero-order valence-electron chi connectivity index (χ0n) is 16.9. The second-order valence-corrected chi connectivity index (χ2v) is 7.09. The maximum Gasteiger partial charge on any atom is 0.410 e. The Morgan fingerprint density at radius 3 is 2.55 bits per heavy atom. The van der Waals surface area contributed by atoms with Crippen molar-refractivity contribution in [3.05, 3.63) is 54.1 Å². The van der Waals surface area contributed by atoms with Crippen molar-refractivity contribution in [2.45, 2.75) is 31.9 Å². The number of hydrogen-bond donors (Lipinski definition) is 1. The molecule has 0 spiro atoms. The molecule has 0 bridgehead atoms. The summed E-state index contributed by atoms with van der Waals surface area (Å²) < 4.78 is 16.0. The van der Waals surface area contributed by atoms with Crippen LogP contribution in [0.1, 0.15) is 25.3 Å². The summed E-state index contributed by atoms with van der Waals surface area (Å²) in [7, 11) is 3.08. The Balaban J connectivity index is 1.70. The molecular formula is C22H26N2O5. The minimum Gasteiger partial charge on any atom is -0.497 e. The summed E-state index contributed by atoms with van der Waals surface area (Å²) in [5.74, 6) is 0.825. The van der Waals surface area contributed by atoms with Crippen LogP contribution in [0.15, 0.2) is 48.5 Å². The van der Waals surface area contributed by atoms with Crippen molar-refractivity contribution < 1.29 is 23.8 Å². The highest BCUT2D eigenvalue weighted by molar-refractivity contribution is 6.01. The topological polar surface area (TPSA) is 77.1 Å². The van der Waals surface area contributed by atoms with Gasteiger partial charge in [0.25, 0.3) is 0 Å². The number of nitrogens with zero attached hydrogens (tertiary/aromatic N) is 1. The molecule has 1 N–H and O–H groups in total. The molecule has 2 amide bonds. The van der Waals surface area contributed by atoms with Crippen LogP contribution in [0.3, 0.4) is 0 Å². The van der Waals surface area contributed by atoms with E-state index in [1.54, 1.807) is 32.2 Å². The zero-order chi connectivity index (χ0) is 20.9. The van der Waals surface area contributed by atoms with E-state index in [2.05, 4.69) is 5.32 Å². The molecule has 1 atom stereocenters. The van der Waals surface area contributed by atoms with Gasteiger partial charge in [0.05, 0.1) is 19.9 Å². The molecule has 1 fully saturated rings. The fraction of sp³-hybridized carbons (Fsp3) is 0.364. The maximum absolute atomic E-state index is 13.1. The van der Waals surface area contributed by atoms with E-state index in [1.165, 1.54) is 12.0 Å². The average molecular weight is 398 g/mol. The highest BCUT2D eigenvalue weighted by atomic mass is 16.6. The van der Waals surface area contributed by atoms with E-state index in [9.17, 15) is 9.59 Å². The Hall–Kier alpha value is -3.22. The Morgan fingerprint density at radius 2 is 1.86 bits per heavy atom. The van der Waals surface area contributed by atoms with Gasteiger partial charge in [0.15, 0.2) is 0 Å². The molecule has 7 heteroatoms. The van der Waals surface area contributed by atoms with Gasteiger partial charge in [0.2, 0.25) is 5.91 Å². The van der Waals surface area contributed by atoms with E-state index in [4.69, 9.17) is 14.2 Å². The third-order valence-corrected chi connectivity index (χ3v) is 5.21. The van der Waals surface area contributed by atoms with Gasteiger partial charge >= 0.3 is 6.09 Å².